The second-order valence-electron chi connectivity index (χ2n) is 32.8. The predicted molar refractivity (Wildman–Crippen MR) is 430 cm³/mol. The monoisotopic (exact) mass is 1380 g/mol. The molecule has 12 heterocycles. The molecule has 0 aliphatic rings. The van der Waals surface area contributed by atoms with Gasteiger partial charge in [-0.15, -0.1) is 45.3 Å². The summed E-state index contributed by atoms with van der Waals surface area (Å²) >= 11 is 7.27. The highest BCUT2D eigenvalue weighted by molar-refractivity contribution is 7.26. The van der Waals surface area contributed by atoms with Crippen LogP contribution in [0.4, 0.5) is 0 Å². The van der Waals surface area contributed by atoms with Crippen molar-refractivity contribution in [3.8, 4) is 0 Å². The molecule has 0 unspecified atom stereocenters. The van der Waals surface area contributed by atoms with Crippen molar-refractivity contribution in [2.45, 2.75) is 171 Å². The number of aryl methyl sites for hydroxylation is 8. The molecule has 0 aliphatic heterocycles. The van der Waals surface area contributed by atoms with Crippen molar-refractivity contribution in [1.82, 2.24) is 57.4 Å². The molecule has 4 aromatic carbocycles. The second-order valence-corrected chi connectivity index (χ2v) is 36.7. The van der Waals surface area contributed by atoms with Crippen molar-refractivity contribution < 1.29 is 0 Å². The number of rotatable bonds is 0. The molecule has 12 aromatic heterocycles. The third kappa shape index (κ3) is 12.9. The van der Waals surface area contributed by atoms with Crippen LogP contribution in [-0.4, -0.2) is 57.4 Å². The Morgan fingerprint density at radius 3 is 1.31 bits per heavy atom. The fourth-order valence-corrected chi connectivity index (χ4v) is 20.1. The molecule has 16 rings (SSSR count). The summed E-state index contributed by atoms with van der Waals surface area (Å²) < 4.78 is 24.3. The molecular weight excluding hydrogens is 1280 g/mol. The minimum absolute atomic E-state index is 0.0889. The van der Waals surface area contributed by atoms with Crippen molar-refractivity contribution in [3.63, 3.8) is 0 Å². The summed E-state index contributed by atoms with van der Waals surface area (Å²) in [6.07, 6.45) is 0. The molecule has 12 nitrogen and oxygen atoms in total. The van der Waals surface area contributed by atoms with Gasteiger partial charge in [0.15, 0.2) is 0 Å². The van der Waals surface area contributed by atoms with Crippen LogP contribution in [-0.2, 0) is 88.9 Å². The van der Waals surface area contributed by atoms with Gasteiger partial charge >= 0.3 is 0 Å². The van der Waals surface area contributed by atoms with Crippen LogP contribution in [0.5, 0.6) is 0 Å². The fraction of sp³-hybridized carbons (Fsp3) is 0.415. The van der Waals surface area contributed by atoms with E-state index in [1.807, 2.05) is 69.6 Å². The SMILES string of the molecule is Cc1c2c(sc3ccccc32)c(C(C)(C)C)n1C.Cc1c2c3ccccc3n(C)c2c(C(C)(C)C)n1C.Cn1nc2c(sc3ccccc32)c1C(C)(C)C.Cn1nc2c3ccccc3n(C)c2c1C(C)(C)C.Cn1nc2ccsc2c1C(C)(C)C.Cn1nc2sccc2c1C(C)(C)C. The van der Waals surface area contributed by atoms with Gasteiger partial charge in [-0.1, -0.05) is 197 Å². The van der Waals surface area contributed by atoms with E-state index in [1.54, 1.807) is 22.7 Å². The molecule has 516 valence electrons. The number of fused-ring (bicyclic) bond motifs is 14. The first-order valence-corrected chi connectivity index (χ1v) is 37.6. The van der Waals surface area contributed by atoms with E-state index in [0.29, 0.717) is 0 Å². The highest BCUT2D eigenvalue weighted by Gasteiger charge is 2.31. The molecule has 0 aliphatic carbocycles. The summed E-state index contributed by atoms with van der Waals surface area (Å²) in [6.45, 7) is 45.0. The molecule has 16 aromatic rings. The van der Waals surface area contributed by atoms with Gasteiger partial charge in [-0.25, -0.2) is 0 Å². The van der Waals surface area contributed by atoms with Crippen molar-refractivity contribution in [2.24, 2.45) is 56.4 Å². The minimum Gasteiger partial charge on any atom is -0.349 e. The second kappa shape index (κ2) is 25.8. The van der Waals surface area contributed by atoms with Gasteiger partial charge in [0.2, 0.25) is 0 Å². The summed E-state index contributed by atoms with van der Waals surface area (Å²) in [5, 5.41) is 32.0. The molecule has 0 fully saturated rings. The zero-order valence-electron chi connectivity index (χ0n) is 63.5. The topological polar surface area (TPSA) is 91.0 Å². The number of benzene rings is 4. The maximum atomic E-state index is 4.72. The third-order valence-electron chi connectivity index (χ3n) is 18.9. The van der Waals surface area contributed by atoms with Gasteiger partial charge in [0, 0.05) is 164 Å². The number of para-hydroxylation sites is 2. The standard InChI is InChI=1S/C17H22N2.C16H19NS.C15H19N3.C14H16N2S.2C10H14N2S/c1-11-14-12-9-7-8-10-13(12)19(6)15(14)16(18(11)5)17(2,3)4;1-10-13-11-8-6-7-9-12(11)18-14(13)15(17(10)5)16(2,3)4;1-15(2,3)14-13-12(16-18(14)5)10-8-6-7-9-11(10)17(13)4;1-14(2,3)13-12-11(15-16(13)4)9-7-5-6-8-10(9)17-12;1-10(2,3)9-8-7(5-6-13-8)11-12(9)4;1-10(2,3)8-7-5-6-13-9(7)11-12(8)4/h7-10H,1-6H3;2*6-9H,1-5H3;5-8H,1-4H3;2*5-6H,1-4H3. The third-order valence-corrected chi connectivity index (χ3v) is 23.0. The zero-order chi connectivity index (χ0) is 71.6. The summed E-state index contributed by atoms with van der Waals surface area (Å²) in [4.78, 5) is 1.15. The predicted octanol–water partition coefficient (Wildman–Crippen LogP) is 22.6. The Hall–Kier alpha value is -7.76. The van der Waals surface area contributed by atoms with Crippen LogP contribution in [0.1, 0.15) is 170 Å². The first-order chi connectivity index (χ1) is 45.6. The van der Waals surface area contributed by atoms with E-state index in [0.717, 1.165) is 21.4 Å². The number of hydrogen-bond donors (Lipinski definition) is 0. The van der Waals surface area contributed by atoms with Crippen molar-refractivity contribution >= 4 is 150 Å². The summed E-state index contributed by atoms with van der Waals surface area (Å²) in [5.41, 5.74) is 20.4. The molecule has 0 saturated heterocycles. The van der Waals surface area contributed by atoms with Gasteiger partial charge in [-0.05, 0) is 61.0 Å². The average Bonchev–Trinajstić information content (AvgIpc) is 1.56. The summed E-state index contributed by atoms with van der Waals surface area (Å²) in [5.74, 6) is 0. The van der Waals surface area contributed by atoms with Gasteiger partial charge in [0.1, 0.15) is 21.4 Å². The average molecular weight is 1390 g/mol. The molecule has 0 spiro atoms. The van der Waals surface area contributed by atoms with Crippen LogP contribution in [0.25, 0.3) is 105 Å². The highest BCUT2D eigenvalue weighted by Crippen LogP contribution is 2.45. The lowest BCUT2D eigenvalue weighted by Gasteiger charge is -2.21. The molecule has 0 bridgehead atoms. The van der Waals surface area contributed by atoms with Gasteiger partial charge < -0.3 is 18.3 Å². The molecule has 0 N–H and O–H groups in total. The Morgan fingerprint density at radius 2 is 0.724 bits per heavy atom. The van der Waals surface area contributed by atoms with E-state index in [1.165, 1.54) is 129 Å². The van der Waals surface area contributed by atoms with E-state index in [2.05, 4.69) is 315 Å². The van der Waals surface area contributed by atoms with Crippen molar-refractivity contribution in [1.29, 1.82) is 0 Å². The van der Waals surface area contributed by atoms with Gasteiger partial charge in [0.25, 0.3) is 0 Å². The van der Waals surface area contributed by atoms with E-state index >= 15 is 0 Å². The molecule has 0 amide bonds. The molecule has 0 radical (unpaired) electrons. The lowest BCUT2D eigenvalue weighted by molar-refractivity contribution is 0.525. The number of thiophene rings is 4. The Bertz CT molecular complexity index is 5490. The molecule has 0 atom stereocenters. The first kappa shape index (κ1) is 71.5. The van der Waals surface area contributed by atoms with Crippen LogP contribution in [0, 0.1) is 13.8 Å². The first-order valence-electron chi connectivity index (χ1n) is 34.2. The highest BCUT2D eigenvalue weighted by atomic mass is 32.1. The molecular formula is C82H104N12S4. The number of nitrogens with zero attached hydrogens (tertiary/aromatic N) is 12. The fourth-order valence-electron chi connectivity index (χ4n) is 15.2. The summed E-state index contributed by atoms with van der Waals surface area (Å²) in [6, 6.07) is 38.6. The van der Waals surface area contributed by atoms with Crippen molar-refractivity contribution in [3.05, 3.63) is 166 Å². The Labute approximate surface area is 596 Å². The van der Waals surface area contributed by atoms with Crippen LogP contribution in [0.3, 0.4) is 0 Å². The lowest BCUT2D eigenvalue weighted by atomic mass is 9.90. The molecule has 16 heteroatoms. The normalized spacial score (nSPS) is 12.7. The molecule has 0 saturated carbocycles. The van der Waals surface area contributed by atoms with Crippen molar-refractivity contribution in [2.75, 3.05) is 0 Å². The maximum Gasteiger partial charge on any atom is 0.145 e. The Balaban J connectivity index is 0.000000120. The van der Waals surface area contributed by atoms with Crippen LogP contribution in [0.15, 0.2) is 120 Å². The molecule has 98 heavy (non-hydrogen) atoms. The quantitative estimate of drug-likeness (QED) is 0.151. The number of hydrogen-bond acceptors (Lipinski definition) is 8. The van der Waals surface area contributed by atoms with E-state index < -0.39 is 0 Å². The van der Waals surface area contributed by atoms with Gasteiger partial charge in [-0.3, -0.25) is 18.7 Å². The Morgan fingerprint density at radius 1 is 0.306 bits per heavy atom. The smallest absolute Gasteiger partial charge is 0.145 e. The summed E-state index contributed by atoms with van der Waals surface area (Å²) in [7, 11) is 16.8. The van der Waals surface area contributed by atoms with E-state index in [-0.39, 0.29) is 32.5 Å². The van der Waals surface area contributed by atoms with Gasteiger partial charge in [-0.2, -0.15) is 20.4 Å². The van der Waals surface area contributed by atoms with E-state index in [4.69, 9.17) is 10.2 Å². The lowest BCUT2D eigenvalue weighted by Crippen LogP contribution is -2.17. The number of aromatic nitrogens is 12. The van der Waals surface area contributed by atoms with Gasteiger partial charge in [0.05, 0.1) is 53.4 Å². The van der Waals surface area contributed by atoms with E-state index in [9.17, 15) is 0 Å². The largest absolute Gasteiger partial charge is 0.349 e. The van der Waals surface area contributed by atoms with Crippen LogP contribution in [0.2, 0.25) is 0 Å². The van der Waals surface area contributed by atoms with Crippen LogP contribution < -0.4 is 0 Å². The minimum atomic E-state index is 0.0889. The maximum absolute atomic E-state index is 4.72. The zero-order valence-corrected chi connectivity index (χ0v) is 66.8. The Kier molecular flexibility index (Phi) is 18.8. The van der Waals surface area contributed by atoms with Crippen LogP contribution >= 0.6 is 45.3 Å².